The molecule has 0 atom stereocenters. The van der Waals surface area contributed by atoms with E-state index in [2.05, 4.69) is 10.3 Å². The van der Waals surface area contributed by atoms with Gasteiger partial charge >= 0.3 is 0 Å². The molecule has 4 aromatic rings. The number of hydrogen-bond acceptors (Lipinski definition) is 3. The molecule has 172 valence electrons. The van der Waals surface area contributed by atoms with Crippen LogP contribution in [0.2, 0.25) is 5.02 Å². The highest BCUT2D eigenvalue weighted by Crippen LogP contribution is 2.24. The lowest BCUT2D eigenvalue weighted by Crippen LogP contribution is -2.38. The van der Waals surface area contributed by atoms with Crippen LogP contribution < -0.4 is 5.32 Å². The van der Waals surface area contributed by atoms with Gasteiger partial charge in [-0.3, -0.25) is 19.5 Å². The SMILES string of the molecule is CCN(CC(=O)Nc1nc(-c2ccccc2)cn1-c1ccc(C)cc1)C(=O)c1ccccc1Cl. The second kappa shape index (κ2) is 10.4. The number of amides is 2. The third-order valence-corrected chi connectivity index (χ3v) is 5.78. The minimum atomic E-state index is -0.346. The minimum Gasteiger partial charge on any atom is -0.330 e. The van der Waals surface area contributed by atoms with Gasteiger partial charge in [0, 0.05) is 24.0 Å². The van der Waals surface area contributed by atoms with Gasteiger partial charge in [0.2, 0.25) is 11.9 Å². The lowest BCUT2D eigenvalue weighted by Gasteiger charge is -2.21. The van der Waals surface area contributed by atoms with E-state index in [0.29, 0.717) is 23.1 Å². The predicted molar refractivity (Wildman–Crippen MR) is 135 cm³/mol. The van der Waals surface area contributed by atoms with Crippen LogP contribution in [0.3, 0.4) is 0 Å². The predicted octanol–water partition coefficient (Wildman–Crippen LogP) is 5.60. The number of imidazole rings is 1. The maximum absolute atomic E-state index is 13.0. The Morgan fingerprint density at radius 1 is 0.971 bits per heavy atom. The fraction of sp³-hybridized carbons (Fsp3) is 0.148. The van der Waals surface area contributed by atoms with Gasteiger partial charge in [-0.1, -0.05) is 71.8 Å². The third kappa shape index (κ3) is 5.18. The number of halogens is 1. The molecule has 0 spiro atoms. The second-order valence-corrected chi connectivity index (χ2v) is 8.28. The van der Waals surface area contributed by atoms with Gasteiger partial charge in [0.25, 0.3) is 5.91 Å². The maximum Gasteiger partial charge on any atom is 0.255 e. The molecule has 1 aromatic heterocycles. The zero-order valence-electron chi connectivity index (χ0n) is 19.0. The summed E-state index contributed by atoms with van der Waals surface area (Å²) in [4.78, 5) is 32.1. The van der Waals surface area contributed by atoms with Gasteiger partial charge in [-0.25, -0.2) is 4.98 Å². The summed E-state index contributed by atoms with van der Waals surface area (Å²) >= 11 is 6.19. The molecular formula is C27H25ClN4O2. The molecule has 0 saturated carbocycles. The van der Waals surface area contributed by atoms with Crippen LogP contribution in [0.4, 0.5) is 5.95 Å². The highest BCUT2D eigenvalue weighted by molar-refractivity contribution is 6.33. The van der Waals surface area contributed by atoms with Crippen LogP contribution in [0, 0.1) is 6.92 Å². The van der Waals surface area contributed by atoms with E-state index in [1.807, 2.05) is 79.2 Å². The van der Waals surface area contributed by atoms with Crippen molar-refractivity contribution in [3.8, 4) is 16.9 Å². The molecule has 2 amide bonds. The first-order chi connectivity index (χ1) is 16.5. The Kier molecular flexibility index (Phi) is 7.09. The molecule has 0 radical (unpaired) electrons. The fourth-order valence-electron chi connectivity index (χ4n) is 3.59. The molecular weight excluding hydrogens is 448 g/mol. The molecule has 7 heteroatoms. The average molecular weight is 473 g/mol. The zero-order valence-corrected chi connectivity index (χ0v) is 19.8. The van der Waals surface area contributed by atoms with Crippen molar-refractivity contribution in [3.05, 3.63) is 101 Å². The van der Waals surface area contributed by atoms with E-state index in [1.165, 1.54) is 4.90 Å². The minimum absolute atomic E-state index is 0.123. The van der Waals surface area contributed by atoms with Crippen molar-refractivity contribution in [2.24, 2.45) is 0 Å². The van der Waals surface area contributed by atoms with Crippen molar-refractivity contribution in [1.82, 2.24) is 14.5 Å². The van der Waals surface area contributed by atoms with Crippen LogP contribution >= 0.6 is 11.6 Å². The van der Waals surface area contributed by atoms with Gasteiger partial charge in [-0.2, -0.15) is 0 Å². The maximum atomic E-state index is 13.0. The van der Waals surface area contributed by atoms with Crippen LogP contribution in [0.15, 0.2) is 85.1 Å². The molecule has 0 aliphatic rings. The molecule has 1 heterocycles. The second-order valence-electron chi connectivity index (χ2n) is 7.87. The number of anilines is 1. The summed E-state index contributed by atoms with van der Waals surface area (Å²) in [5.74, 6) is -0.259. The molecule has 4 rings (SSSR count). The Morgan fingerprint density at radius 3 is 2.32 bits per heavy atom. The topological polar surface area (TPSA) is 67.2 Å². The van der Waals surface area contributed by atoms with Crippen LogP contribution in [0.1, 0.15) is 22.8 Å². The van der Waals surface area contributed by atoms with Gasteiger partial charge < -0.3 is 4.90 Å². The number of nitrogens with one attached hydrogen (secondary N) is 1. The number of hydrogen-bond donors (Lipinski definition) is 1. The van der Waals surface area contributed by atoms with Crippen molar-refractivity contribution in [1.29, 1.82) is 0 Å². The number of benzene rings is 3. The Hall–Kier alpha value is -3.90. The van der Waals surface area contributed by atoms with Crippen molar-refractivity contribution in [2.75, 3.05) is 18.4 Å². The van der Waals surface area contributed by atoms with Gasteiger partial charge in [-0.15, -0.1) is 0 Å². The molecule has 0 fully saturated rings. The molecule has 1 N–H and O–H groups in total. The van der Waals surface area contributed by atoms with Crippen molar-refractivity contribution >= 4 is 29.4 Å². The summed E-state index contributed by atoms with van der Waals surface area (Å²) in [5.41, 5.74) is 4.04. The monoisotopic (exact) mass is 472 g/mol. The Labute approximate surface area is 203 Å². The number of aryl methyl sites for hydroxylation is 1. The summed E-state index contributed by atoms with van der Waals surface area (Å²) in [7, 11) is 0. The van der Waals surface area contributed by atoms with Crippen molar-refractivity contribution < 1.29 is 9.59 Å². The van der Waals surface area contributed by atoms with Gasteiger partial charge in [0.15, 0.2) is 0 Å². The van der Waals surface area contributed by atoms with E-state index in [1.54, 1.807) is 24.3 Å². The van der Waals surface area contributed by atoms with E-state index in [9.17, 15) is 9.59 Å². The number of rotatable bonds is 7. The first-order valence-corrected chi connectivity index (χ1v) is 11.4. The number of carbonyl (C=O) groups excluding carboxylic acids is 2. The molecule has 3 aromatic carbocycles. The Morgan fingerprint density at radius 2 is 1.65 bits per heavy atom. The first-order valence-electron chi connectivity index (χ1n) is 11.0. The number of aromatic nitrogens is 2. The van der Waals surface area contributed by atoms with Crippen LogP contribution in [-0.2, 0) is 4.79 Å². The number of nitrogens with zero attached hydrogens (tertiary/aromatic N) is 3. The normalized spacial score (nSPS) is 10.7. The summed E-state index contributed by atoms with van der Waals surface area (Å²) in [5, 5.41) is 3.24. The highest BCUT2D eigenvalue weighted by atomic mass is 35.5. The Bertz CT molecular complexity index is 1300. The van der Waals surface area contributed by atoms with E-state index >= 15 is 0 Å². The van der Waals surface area contributed by atoms with Crippen LogP contribution in [-0.4, -0.2) is 39.4 Å². The van der Waals surface area contributed by atoms with Crippen LogP contribution in [0.5, 0.6) is 0 Å². The standard InChI is InChI=1S/C27H25ClN4O2/c1-3-31(26(34)22-11-7-8-12-23(22)28)18-25(33)30-27-29-24(20-9-5-4-6-10-20)17-32(27)21-15-13-19(2)14-16-21/h4-17H,3,18H2,1-2H3,(H,29,30,33). The summed E-state index contributed by atoms with van der Waals surface area (Å²) < 4.78 is 1.84. The molecule has 0 aliphatic carbocycles. The fourth-order valence-corrected chi connectivity index (χ4v) is 3.80. The summed E-state index contributed by atoms with van der Waals surface area (Å²) in [6.07, 6.45) is 1.89. The van der Waals surface area contributed by atoms with E-state index in [4.69, 9.17) is 11.6 Å². The first kappa shape index (κ1) is 23.3. The van der Waals surface area contributed by atoms with Gasteiger partial charge in [0.05, 0.1) is 16.3 Å². The van der Waals surface area contributed by atoms with Crippen LogP contribution in [0.25, 0.3) is 16.9 Å². The van der Waals surface area contributed by atoms with Gasteiger partial charge in [0.1, 0.15) is 6.54 Å². The summed E-state index contributed by atoms with van der Waals surface area (Å²) in [6, 6.07) is 24.5. The van der Waals surface area contributed by atoms with Crippen molar-refractivity contribution in [2.45, 2.75) is 13.8 Å². The number of likely N-dealkylation sites (N-methyl/N-ethyl adjacent to an activating group) is 1. The average Bonchev–Trinajstić information content (AvgIpc) is 3.27. The zero-order chi connectivity index (χ0) is 24.1. The molecule has 34 heavy (non-hydrogen) atoms. The highest BCUT2D eigenvalue weighted by Gasteiger charge is 2.21. The quantitative estimate of drug-likeness (QED) is 0.380. The van der Waals surface area contributed by atoms with E-state index in [-0.39, 0.29) is 18.4 Å². The number of carbonyl (C=O) groups is 2. The smallest absolute Gasteiger partial charge is 0.255 e. The third-order valence-electron chi connectivity index (χ3n) is 5.45. The molecule has 6 nitrogen and oxygen atoms in total. The van der Waals surface area contributed by atoms with Crippen molar-refractivity contribution in [3.63, 3.8) is 0 Å². The molecule has 0 unspecified atom stereocenters. The van der Waals surface area contributed by atoms with Gasteiger partial charge in [-0.05, 0) is 38.1 Å². The summed E-state index contributed by atoms with van der Waals surface area (Å²) in [6.45, 7) is 4.08. The van der Waals surface area contributed by atoms with E-state index < -0.39 is 0 Å². The molecule has 0 saturated heterocycles. The molecule has 0 bridgehead atoms. The molecule has 0 aliphatic heterocycles. The Balaban J connectivity index is 1.60. The lowest BCUT2D eigenvalue weighted by molar-refractivity contribution is -0.116. The van der Waals surface area contributed by atoms with E-state index in [0.717, 1.165) is 22.5 Å². The largest absolute Gasteiger partial charge is 0.330 e. The lowest BCUT2D eigenvalue weighted by atomic mass is 10.2.